The first-order valence-electron chi connectivity index (χ1n) is 4.53. The molecule has 2 aromatic carbocycles. The standard InChI is InChI=1S/C12H12P2/c13-14-12-9-5-4-8-11(12)10-6-2-1-3-7-10/h1-9,14H,13H2. The molecule has 70 valence electrons. The Morgan fingerprint density at radius 1 is 0.786 bits per heavy atom. The summed E-state index contributed by atoms with van der Waals surface area (Å²) in [5, 5.41) is 1.41. The second-order valence-electron chi connectivity index (χ2n) is 3.06. The van der Waals surface area contributed by atoms with Gasteiger partial charge in [-0.2, -0.15) is 0 Å². The number of benzene rings is 2. The van der Waals surface area contributed by atoms with Crippen LogP contribution in [0.1, 0.15) is 0 Å². The molecule has 0 aliphatic heterocycles. The lowest BCUT2D eigenvalue weighted by atomic mass is 10.1. The Labute approximate surface area is 88.6 Å². The molecule has 2 unspecified atom stereocenters. The molecule has 0 fully saturated rings. The highest BCUT2D eigenvalue weighted by atomic mass is 32.0. The topological polar surface area (TPSA) is 0 Å². The molecule has 2 atom stereocenters. The van der Waals surface area contributed by atoms with E-state index in [-0.39, 0.29) is 0 Å². The van der Waals surface area contributed by atoms with E-state index >= 15 is 0 Å². The van der Waals surface area contributed by atoms with Crippen LogP contribution in [0, 0.1) is 0 Å². The molecule has 0 aliphatic rings. The van der Waals surface area contributed by atoms with E-state index in [0.717, 1.165) is 8.27 Å². The summed E-state index contributed by atoms with van der Waals surface area (Å²) < 4.78 is 0. The quantitative estimate of drug-likeness (QED) is 0.677. The molecule has 0 aliphatic carbocycles. The number of hydrogen-bond donors (Lipinski definition) is 0. The van der Waals surface area contributed by atoms with Crippen molar-refractivity contribution in [1.82, 2.24) is 0 Å². The molecule has 2 heteroatoms. The largest absolute Gasteiger partial charge is 0.110 e. The molecule has 0 nitrogen and oxygen atoms in total. The summed E-state index contributed by atoms with van der Waals surface area (Å²) >= 11 is 0. The van der Waals surface area contributed by atoms with Crippen molar-refractivity contribution in [2.24, 2.45) is 0 Å². The normalized spacial score (nSPS) is 10.9. The summed E-state index contributed by atoms with van der Waals surface area (Å²) in [4.78, 5) is 0. The van der Waals surface area contributed by atoms with Crippen molar-refractivity contribution in [3.63, 3.8) is 0 Å². The maximum atomic E-state index is 2.81. The zero-order valence-electron chi connectivity index (χ0n) is 7.77. The zero-order chi connectivity index (χ0) is 9.80. The van der Waals surface area contributed by atoms with E-state index in [1.54, 1.807) is 0 Å². The molecule has 2 rings (SSSR count). The fourth-order valence-corrected chi connectivity index (χ4v) is 2.81. The first-order valence-corrected chi connectivity index (χ1v) is 7.34. The highest BCUT2D eigenvalue weighted by Crippen LogP contribution is 2.27. The monoisotopic (exact) mass is 218 g/mol. The van der Waals surface area contributed by atoms with Gasteiger partial charge < -0.3 is 0 Å². The average molecular weight is 218 g/mol. The fourth-order valence-electron chi connectivity index (χ4n) is 1.48. The maximum Gasteiger partial charge on any atom is -0.0106 e. The minimum absolute atomic E-state index is 0.771. The predicted octanol–water partition coefficient (Wildman–Crippen LogP) is 3.45. The van der Waals surface area contributed by atoms with E-state index in [2.05, 4.69) is 63.5 Å². The van der Waals surface area contributed by atoms with Crippen molar-refractivity contribution in [3.05, 3.63) is 54.6 Å². The Hall–Kier alpha value is -0.700. The van der Waals surface area contributed by atoms with Crippen molar-refractivity contribution >= 4 is 22.5 Å². The van der Waals surface area contributed by atoms with Crippen LogP contribution in [-0.4, -0.2) is 0 Å². The Morgan fingerprint density at radius 3 is 2.14 bits per heavy atom. The number of rotatable bonds is 2. The Balaban J connectivity index is 2.51. The van der Waals surface area contributed by atoms with Crippen LogP contribution in [0.4, 0.5) is 0 Å². The van der Waals surface area contributed by atoms with Gasteiger partial charge in [-0.3, -0.25) is 0 Å². The van der Waals surface area contributed by atoms with Gasteiger partial charge in [-0.05, 0) is 16.4 Å². The van der Waals surface area contributed by atoms with Crippen molar-refractivity contribution in [1.29, 1.82) is 0 Å². The molecule has 0 bridgehead atoms. The third-order valence-corrected chi connectivity index (χ3v) is 3.85. The van der Waals surface area contributed by atoms with Gasteiger partial charge in [0.15, 0.2) is 0 Å². The van der Waals surface area contributed by atoms with Crippen LogP contribution < -0.4 is 5.30 Å². The molecule has 0 spiro atoms. The molecule has 14 heavy (non-hydrogen) atoms. The van der Waals surface area contributed by atoms with Crippen LogP contribution >= 0.6 is 17.2 Å². The van der Waals surface area contributed by atoms with Crippen molar-refractivity contribution in [2.45, 2.75) is 0 Å². The van der Waals surface area contributed by atoms with Crippen molar-refractivity contribution in [2.75, 3.05) is 0 Å². The van der Waals surface area contributed by atoms with Crippen LogP contribution in [0.2, 0.25) is 0 Å². The zero-order valence-corrected chi connectivity index (χ0v) is 9.93. The molecular weight excluding hydrogens is 206 g/mol. The van der Waals surface area contributed by atoms with Crippen LogP contribution in [0.5, 0.6) is 0 Å². The minimum atomic E-state index is 0.771. The van der Waals surface area contributed by atoms with Crippen molar-refractivity contribution < 1.29 is 0 Å². The molecule has 0 saturated heterocycles. The third kappa shape index (κ3) is 2.03. The first-order chi connectivity index (χ1) is 6.92. The lowest BCUT2D eigenvalue weighted by Crippen LogP contribution is -1.96. The van der Waals surface area contributed by atoms with E-state index in [1.807, 2.05) is 0 Å². The van der Waals surface area contributed by atoms with E-state index < -0.39 is 0 Å². The second kappa shape index (κ2) is 4.69. The molecule has 0 saturated carbocycles. The van der Waals surface area contributed by atoms with E-state index in [1.165, 1.54) is 16.4 Å². The Morgan fingerprint density at radius 2 is 1.43 bits per heavy atom. The van der Waals surface area contributed by atoms with E-state index in [4.69, 9.17) is 0 Å². The minimum Gasteiger partial charge on any atom is -0.110 e. The molecule has 0 radical (unpaired) electrons. The van der Waals surface area contributed by atoms with Gasteiger partial charge >= 0.3 is 0 Å². The average Bonchev–Trinajstić information content (AvgIpc) is 2.30. The third-order valence-electron chi connectivity index (χ3n) is 2.17. The van der Waals surface area contributed by atoms with Crippen LogP contribution in [0.3, 0.4) is 0 Å². The summed E-state index contributed by atoms with van der Waals surface area (Å²) in [6, 6.07) is 19.1. The lowest BCUT2D eigenvalue weighted by molar-refractivity contribution is 1.65. The van der Waals surface area contributed by atoms with Gasteiger partial charge in [-0.1, -0.05) is 62.9 Å². The molecular formula is C12H12P2. The highest BCUT2D eigenvalue weighted by Gasteiger charge is 2.00. The van der Waals surface area contributed by atoms with Gasteiger partial charge in [0.25, 0.3) is 0 Å². The Bertz CT molecular complexity index is 410. The molecule has 0 amide bonds. The summed E-state index contributed by atoms with van der Waals surface area (Å²) in [5.41, 5.74) is 2.65. The van der Waals surface area contributed by atoms with Gasteiger partial charge in [0.05, 0.1) is 0 Å². The van der Waals surface area contributed by atoms with Crippen molar-refractivity contribution in [3.8, 4) is 11.1 Å². The second-order valence-corrected chi connectivity index (χ2v) is 4.75. The smallest absolute Gasteiger partial charge is 0.0106 e. The van der Waals surface area contributed by atoms with Gasteiger partial charge in [0.2, 0.25) is 0 Å². The van der Waals surface area contributed by atoms with Crippen LogP contribution in [-0.2, 0) is 0 Å². The van der Waals surface area contributed by atoms with E-state index in [9.17, 15) is 0 Å². The summed E-state index contributed by atoms with van der Waals surface area (Å²) in [6.45, 7) is 0. The maximum absolute atomic E-state index is 2.81. The van der Waals surface area contributed by atoms with Crippen LogP contribution in [0.15, 0.2) is 54.6 Å². The summed E-state index contributed by atoms with van der Waals surface area (Å²) in [7, 11) is 3.58. The van der Waals surface area contributed by atoms with Gasteiger partial charge in [0, 0.05) is 0 Å². The number of hydrogen-bond acceptors (Lipinski definition) is 0. The summed E-state index contributed by atoms with van der Waals surface area (Å²) in [5.74, 6) is 0. The lowest BCUT2D eigenvalue weighted by Gasteiger charge is -2.06. The summed E-state index contributed by atoms with van der Waals surface area (Å²) in [6.07, 6.45) is 0. The van der Waals surface area contributed by atoms with Gasteiger partial charge in [-0.15, -0.1) is 8.93 Å². The molecule has 0 N–H and O–H groups in total. The molecule has 2 aromatic rings. The highest BCUT2D eigenvalue weighted by molar-refractivity contribution is 8.06. The molecule has 0 aromatic heterocycles. The van der Waals surface area contributed by atoms with Gasteiger partial charge in [-0.25, -0.2) is 0 Å². The van der Waals surface area contributed by atoms with E-state index in [0.29, 0.717) is 0 Å². The SMILES string of the molecule is PPc1ccccc1-c1ccccc1. The van der Waals surface area contributed by atoms with Gasteiger partial charge in [0.1, 0.15) is 0 Å². The first kappa shape index (κ1) is 9.84. The Kier molecular flexibility index (Phi) is 3.30. The predicted molar refractivity (Wildman–Crippen MR) is 69.5 cm³/mol. The fraction of sp³-hybridized carbons (Fsp3) is 0. The van der Waals surface area contributed by atoms with Crippen LogP contribution in [0.25, 0.3) is 11.1 Å². The molecule has 0 heterocycles.